The van der Waals surface area contributed by atoms with Crippen molar-refractivity contribution >= 4 is 22.4 Å². The van der Waals surface area contributed by atoms with Gasteiger partial charge >= 0.3 is 0 Å². The molecule has 1 aliphatic rings. The number of rotatable bonds is 5. The van der Waals surface area contributed by atoms with E-state index in [1.165, 1.54) is 11.3 Å². The van der Waals surface area contributed by atoms with Crippen LogP contribution < -0.4 is 10.1 Å². The zero-order valence-electron chi connectivity index (χ0n) is 15.7. The SMILES string of the molecule is CC(C)Oc1cc(-c2cnc(NC(=O)C3(C)CCCOC3)s2)ccc1C#N. The molecule has 0 radical (unpaired) electrons. The van der Waals surface area contributed by atoms with Gasteiger partial charge in [-0.1, -0.05) is 17.4 Å². The number of aromatic nitrogens is 1. The maximum Gasteiger partial charge on any atom is 0.234 e. The Morgan fingerprint density at radius 2 is 2.30 bits per heavy atom. The third-order valence-electron chi connectivity index (χ3n) is 4.46. The van der Waals surface area contributed by atoms with Crippen molar-refractivity contribution in [2.75, 3.05) is 18.5 Å². The summed E-state index contributed by atoms with van der Waals surface area (Å²) >= 11 is 1.40. The molecule has 1 saturated heterocycles. The number of hydrogen-bond donors (Lipinski definition) is 1. The largest absolute Gasteiger partial charge is 0.490 e. The first kappa shape index (κ1) is 19.3. The zero-order chi connectivity index (χ0) is 19.4. The Balaban J connectivity index is 1.77. The molecule has 2 aromatic rings. The number of carbonyl (C=O) groups excluding carboxylic acids is 1. The molecule has 0 spiro atoms. The third kappa shape index (κ3) is 4.46. The van der Waals surface area contributed by atoms with E-state index in [0.29, 0.717) is 29.7 Å². The summed E-state index contributed by atoms with van der Waals surface area (Å²) in [5, 5.41) is 12.7. The number of anilines is 1. The first-order chi connectivity index (χ1) is 12.9. The summed E-state index contributed by atoms with van der Waals surface area (Å²) in [7, 11) is 0. The summed E-state index contributed by atoms with van der Waals surface area (Å²) in [6, 6.07) is 7.59. The normalized spacial score (nSPS) is 19.5. The van der Waals surface area contributed by atoms with Crippen LogP contribution in [0.25, 0.3) is 10.4 Å². The Labute approximate surface area is 163 Å². The maximum absolute atomic E-state index is 12.6. The Kier molecular flexibility index (Phi) is 5.78. The quantitative estimate of drug-likeness (QED) is 0.833. The van der Waals surface area contributed by atoms with E-state index in [-0.39, 0.29) is 12.0 Å². The van der Waals surface area contributed by atoms with Gasteiger partial charge in [0.2, 0.25) is 5.91 Å². The smallest absolute Gasteiger partial charge is 0.234 e. The molecule has 0 aliphatic carbocycles. The Morgan fingerprint density at radius 3 is 2.96 bits per heavy atom. The first-order valence-corrected chi connectivity index (χ1v) is 9.79. The number of nitriles is 1. The molecule has 1 unspecified atom stereocenters. The first-order valence-electron chi connectivity index (χ1n) is 8.97. The molecule has 7 heteroatoms. The summed E-state index contributed by atoms with van der Waals surface area (Å²) in [6.45, 7) is 6.91. The van der Waals surface area contributed by atoms with Crippen molar-refractivity contribution in [3.63, 3.8) is 0 Å². The number of carbonyl (C=O) groups is 1. The second kappa shape index (κ2) is 8.07. The summed E-state index contributed by atoms with van der Waals surface area (Å²) in [4.78, 5) is 17.8. The van der Waals surface area contributed by atoms with Crippen molar-refractivity contribution in [3.8, 4) is 22.3 Å². The minimum atomic E-state index is -0.517. The second-order valence-electron chi connectivity index (χ2n) is 7.19. The van der Waals surface area contributed by atoms with Gasteiger partial charge in [0.1, 0.15) is 11.8 Å². The van der Waals surface area contributed by atoms with E-state index in [1.807, 2.05) is 32.9 Å². The standard InChI is InChI=1S/C20H23N3O3S/c1-13(2)26-16-9-14(5-6-15(16)10-21)17-11-22-19(27-17)23-18(24)20(3)7-4-8-25-12-20/h5-6,9,11,13H,4,7-8,12H2,1-3H3,(H,22,23,24). The van der Waals surface area contributed by atoms with E-state index >= 15 is 0 Å². The van der Waals surface area contributed by atoms with Crippen LogP contribution in [0.2, 0.25) is 0 Å². The van der Waals surface area contributed by atoms with Crippen LogP contribution in [0.5, 0.6) is 5.75 Å². The van der Waals surface area contributed by atoms with Crippen LogP contribution in [-0.4, -0.2) is 30.2 Å². The number of nitrogens with one attached hydrogen (secondary N) is 1. The highest BCUT2D eigenvalue weighted by molar-refractivity contribution is 7.19. The van der Waals surface area contributed by atoms with Crippen molar-refractivity contribution in [2.24, 2.45) is 5.41 Å². The lowest BCUT2D eigenvalue weighted by Crippen LogP contribution is -2.40. The zero-order valence-corrected chi connectivity index (χ0v) is 16.6. The number of amides is 1. The molecular weight excluding hydrogens is 362 g/mol. The number of ether oxygens (including phenoxy) is 2. The summed E-state index contributed by atoms with van der Waals surface area (Å²) in [5.41, 5.74) is 0.877. The predicted molar refractivity (Wildman–Crippen MR) is 105 cm³/mol. The van der Waals surface area contributed by atoms with Crippen molar-refractivity contribution in [2.45, 2.75) is 39.7 Å². The van der Waals surface area contributed by atoms with E-state index in [9.17, 15) is 10.1 Å². The van der Waals surface area contributed by atoms with Gasteiger partial charge in [-0.25, -0.2) is 4.98 Å². The molecule has 2 heterocycles. The van der Waals surface area contributed by atoms with Gasteiger partial charge in [0.05, 0.1) is 28.6 Å². The highest BCUT2D eigenvalue weighted by Gasteiger charge is 2.36. The fraction of sp³-hybridized carbons (Fsp3) is 0.450. The molecule has 27 heavy (non-hydrogen) atoms. The van der Waals surface area contributed by atoms with E-state index in [0.717, 1.165) is 23.3 Å². The number of benzene rings is 1. The Bertz CT molecular complexity index is 864. The Morgan fingerprint density at radius 1 is 1.48 bits per heavy atom. The van der Waals surface area contributed by atoms with Gasteiger partial charge < -0.3 is 14.8 Å². The van der Waals surface area contributed by atoms with Crippen LogP contribution in [0.4, 0.5) is 5.13 Å². The fourth-order valence-corrected chi connectivity index (χ4v) is 3.75. The minimum Gasteiger partial charge on any atom is -0.490 e. The van der Waals surface area contributed by atoms with Gasteiger partial charge in [0, 0.05) is 12.8 Å². The molecule has 1 atom stereocenters. The predicted octanol–water partition coefficient (Wildman–Crippen LogP) is 4.22. The van der Waals surface area contributed by atoms with E-state index < -0.39 is 5.41 Å². The third-order valence-corrected chi connectivity index (χ3v) is 5.42. The topological polar surface area (TPSA) is 84.2 Å². The second-order valence-corrected chi connectivity index (χ2v) is 8.22. The average Bonchev–Trinajstić information content (AvgIpc) is 3.10. The Hall–Kier alpha value is -2.43. The van der Waals surface area contributed by atoms with Crippen LogP contribution in [0, 0.1) is 16.7 Å². The van der Waals surface area contributed by atoms with Crippen LogP contribution in [0.3, 0.4) is 0 Å². The molecule has 0 saturated carbocycles. The van der Waals surface area contributed by atoms with Crippen molar-refractivity contribution in [1.29, 1.82) is 5.26 Å². The van der Waals surface area contributed by atoms with Crippen LogP contribution in [-0.2, 0) is 9.53 Å². The molecule has 1 N–H and O–H groups in total. The summed E-state index contributed by atoms with van der Waals surface area (Å²) < 4.78 is 11.2. The van der Waals surface area contributed by atoms with Gasteiger partial charge in [-0.05, 0) is 51.3 Å². The molecule has 3 rings (SSSR count). The summed E-state index contributed by atoms with van der Waals surface area (Å²) in [6.07, 6.45) is 3.39. The van der Waals surface area contributed by atoms with Gasteiger partial charge in [0.15, 0.2) is 5.13 Å². The number of nitrogens with zero attached hydrogens (tertiary/aromatic N) is 2. The molecule has 1 amide bonds. The molecule has 1 aliphatic heterocycles. The highest BCUT2D eigenvalue weighted by Crippen LogP contribution is 2.35. The fourth-order valence-electron chi connectivity index (χ4n) is 2.95. The molecular formula is C20H23N3O3S. The molecule has 1 aromatic heterocycles. The molecule has 142 valence electrons. The van der Waals surface area contributed by atoms with Crippen molar-refractivity contribution in [3.05, 3.63) is 30.0 Å². The van der Waals surface area contributed by atoms with E-state index in [4.69, 9.17) is 9.47 Å². The lowest BCUT2D eigenvalue weighted by Gasteiger charge is -2.31. The van der Waals surface area contributed by atoms with E-state index in [2.05, 4.69) is 16.4 Å². The van der Waals surface area contributed by atoms with Crippen LogP contribution >= 0.6 is 11.3 Å². The van der Waals surface area contributed by atoms with Gasteiger partial charge in [-0.3, -0.25) is 4.79 Å². The van der Waals surface area contributed by atoms with Crippen molar-refractivity contribution < 1.29 is 14.3 Å². The molecule has 0 bridgehead atoms. The summed E-state index contributed by atoms with van der Waals surface area (Å²) in [5.74, 6) is 0.489. The van der Waals surface area contributed by atoms with Gasteiger partial charge in [-0.2, -0.15) is 5.26 Å². The van der Waals surface area contributed by atoms with Crippen LogP contribution in [0.15, 0.2) is 24.4 Å². The minimum absolute atomic E-state index is 0.0258. The highest BCUT2D eigenvalue weighted by atomic mass is 32.1. The number of thiazole rings is 1. The lowest BCUT2D eigenvalue weighted by atomic mass is 9.84. The monoisotopic (exact) mass is 385 g/mol. The maximum atomic E-state index is 12.6. The average molecular weight is 385 g/mol. The van der Waals surface area contributed by atoms with Gasteiger partial charge in [-0.15, -0.1) is 0 Å². The molecule has 1 aromatic carbocycles. The lowest BCUT2D eigenvalue weighted by molar-refractivity contribution is -0.131. The van der Waals surface area contributed by atoms with Gasteiger partial charge in [0.25, 0.3) is 0 Å². The molecule has 6 nitrogen and oxygen atoms in total. The van der Waals surface area contributed by atoms with Crippen LogP contribution in [0.1, 0.15) is 39.2 Å². The molecule has 1 fully saturated rings. The number of hydrogen-bond acceptors (Lipinski definition) is 6. The van der Waals surface area contributed by atoms with Crippen molar-refractivity contribution in [1.82, 2.24) is 4.98 Å². The van der Waals surface area contributed by atoms with E-state index in [1.54, 1.807) is 12.3 Å².